The largest absolute Gasteiger partial charge is 0.506 e. The summed E-state index contributed by atoms with van der Waals surface area (Å²) in [6, 6.07) is 0. The van der Waals surface area contributed by atoms with Crippen molar-refractivity contribution in [2.45, 2.75) is 52.7 Å². The van der Waals surface area contributed by atoms with Gasteiger partial charge in [-0.25, -0.2) is 0 Å². The van der Waals surface area contributed by atoms with Gasteiger partial charge in [-0.05, 0) is 19.9 Å². The van der Waals surface area contributed by atoms with Crippen molar-refractivity contribution in [1.29, 1.82) is 0 Å². The number of hydrogen-bond acceptors (Lipinski definition) is 4. The second-order valence-electron chi connectivity index (χ2n) is 4.59. The predicted octanol–water partition coefficient (Wildman–Crippen LogP) is 2.26. The highest BCUT2D eigenvalue weighted by Gasteiger charge is 2.10. The van der Waals surface area contributed by atoms with E-state index in [4.69, 9.17) is 0 Å². The van der Waals surface area contributed by atoms with Crippen LogP contribution in [0.25, 0.3) is 0 Å². The maximum atomic E-state index is 9.94. The number of aliphatic hydroxyl groups excluding tert-OH is 1. The van der Waals surface area contributed by atoms with Crippen molar-refractivity contribution >= 4 is 0 Å². The van der Waals surface area contributed by atoms with E-state index in [1.807, 2.05) is 0 Å². The summed E-state index contributed by atoms with van der Waals surface area (Å²) < 4.78 is 0. The van der Waals surface area contributed by atoms with E-state index in [0.29, 0.717) is 17.8 Å². The first-order chi connectivity index (χ1) is 8.70. The summed E-state index contributed by atoms with van der Waals surface area (Å²) in [5, 5.41) is 22.5. The van der Waals surface area contributed by atoms with Crippen LogP contribution < -0.4 is 5.32 Å². The lowest BCUT2D eigenvalue weighted by Crippen LogP contribution is -2.16. The summed E-state index contributed by atoms with van der Waals surface area (Å²) in [5.74, 6) is 0.197. The van der Waals surface area contributed by atoms with Crippen molar-refractivity contribution in [3.05, 3.63) is 23.0 Å². The van der Waals surface area contributed by atoms with Crippen molar-refractivity contribution in [2.24, 2.45) is 0 Å². The van der Waals surface area contributed by atoms with Gasteiger partial charge in [0.2, 0.25) is 0 Å². The number of nitrogens with zero attached hydrogens (tertiary/aromatic N) is 1. The molecule has 0 aliphatic carbocycles. The molecule has 4 nitrogen and oxygen atoms in total. The van der Waals surface area contributed by atoms with E-state index in [-0.39, 0.29) is 12.4 Å². The minimum atomic E-state index is -0.0896. The molecular formula is C14H24N2O2. The Balaban J connectivity index is 2.48. The molecule has 3 N–H and O–H groups in total. The fourth-order valence-corrected chi connectivity index (χ4v) is 1.91. The average Bonchev–Trinajstić information content (AvgIpc) is 2.38. The van der Waals surface area contributed by atoms with Crippen LogP contribution in [0.2, 0.25) is 0 Å². The molecule has 0 radical (unpaired) electrons. The molecule has 0 bridgehead atoms. The molecule has 1 aromatic heterocycles. The van der Waals surface area contributed by atoms with E-state index in [0.717, 1.165) is 18.5 Å². The van der Waals surface area contributed by atoms with Gasteiger partial charge in [-0.1, -0.05) is 26.2 Å². The molecule has 0 spiro atoms. The average molecular weight is 252 g/mol. The van der Waals surface area contributed by atoms with Crippen molar-refractivity contribution in [1.82, 2.24) is 10.3 Å². The standard InChI is InChI=1S/C14H24N2O2/c1-3-4-5-6-7-15-9-13-12(10-17)8-16-11(2)14(13)18/h8,15,17-18H,3-7,9-10H2,1-2H3. The summed E-state index contributed by atoms with van der Waals surface area (Å²) in [5.41, 5.74) is 2.06. The zero-order chi connectivity index (χ0) is 13.4. The Bertz CT molecular complexity index is 367. The number of nitrogens with one attached hydrogen (secondary N) is 1. The maximum absolute atomic E-state index is 9.94. The fraction of sp³-hybridized carbons (Fsp3) is 0.643. The number of aryl methyl sites for hydroxylation is 1. The van der Waals surface area contributed by atoms with Crippen molar-refractivity contribution in [3.63, 3.8) is 0 Å². The van der Waals surface area contributed by atoms with Gasteiger partial charge in [-0.3, -0.25) is 4.98 Å². The van der Waals surface area contributed by atoms with Crippen LogP contribution in [0.3, 0.4) is 0 Å². The highest BCUT2D eigenvalue weighted by atomic mass is 16.3. The third-order valence-corrected chi connectivity index (χ3v) is 3.11. The van der Waals surface area contributed by atoms with Gasteiger partial charge in [-0.15, -0.1) is 0 Å². The molecule has 18 heavy (non-hydrogen) atoms. The second-order valence-corrected chi connectivity index (χ2v) is 4.59. The Kier molecular flexibility index (Phi) is 6.68. The molecule has 0 unspecified atom stereocenters. The van der Waals surface area contributed by atoms with E-state index >= 15 is 0 Å². The molecule has 0 aliphatic heterocycles. The lowest BCUT2D eigenvalue weighted by Gasteiger charge is -2.12. The number of pyridine rings is 1. The number of aromatic nitrogens is 1. The quantitative estimate of drug-likeness (QED) is 0.621. The molecule has 0 aliphatic rings. The summed E-state index contributed by atoms with van der Waals surface area (Å²) in [6.07, 6.45) is 6.51. The second kappa shape index (κ2) is 8.06. The van der Waals surface area contributed by atoms with Gasteiger partial charge < -0.3 is 15.5 Å². The third-order valence-electron chi connectivity index (χ3n) is 3.11. The van der Waals surface area contributed by atoms with Crippen molar-refractivity contribution in [2.75, 3.05) is 6.54 Å². The molecule has 0 saturated carbocycles. The molecule has 0 fully saturated rings. The number of aromatic hydroxyl groups is 1. The van der Waals surface area contributed by atoms with E-state index in [1.165, 1.54) is 19.3 Å². The summed E-state index contributed by atoms with van der Waals surface area (Å²) in [6.45, 7) is 5.39. The smallest absolute Gasteiger partial charge is 0.141 e. The minimum Gasteiger partial charge on any atom is -0.506 e. The Morgan fingerprint density at radius 2 is 2.06 bits per heavy atom. The Morgan fingerprint density at radius 1 is 1.28 bits per heavy atom. The van der Waals surface area contributed by atoms with Crippen LogP contribution >= 0.6 is 0 Å². The van der Waals surface area contributed by atoms with Gasteiger partial charge in [0.25, 0.3) is 0 Å². The molecule has 0 saturated heterocycles. The Hall–Kier alpha value is -1.13. The molecule has 0 amide bonds. The van der Waals surface area contributed by atoms with E-state index in [1.54, 1.807) is 13.1 Å². The first-order valence-electron chi connectivity index (χ1n) is 6.68. The fourth-order valence-electron chi connectivity index (χ4n) is 1.91. The van der Waals surface area contributed by atoms with Gasteiger partial charge in [0.1, 0.15) is 5.75 Å². The molecule has 102 valence electrons. The van der Waals surface area contributed by atoms with E-state index < -0.39 is 0 Å². The number of unbranched alkanes of at least 4 members (excludes halogenated alkanes) is 3. The van der Waals surface area contributed by atoms with Crippen LogP contribution in [0.5, 0.6) is 5.75 Å². The maximum Gasteiger partial charge on any atom is 0.141 e. The van der Waals surface area contributed by atoms with Gasteiger partial charge in [0.05, 0.1) is 12.3 Å². The molecule has 1 rings (SSSR count). The van der Waals surface area contributed by atoms with Crippen LogP contribution in [0.15, 0.2) is 6.20 Å². The van der Waals surface area contributed by atoms with E-state index in [2.05, 4.69) is 17.2 Å². The zero-order valence-corrected chi connectivity index (χ0v) is 11.4. The van der Waals surface area contributed by atoms with Gasteiger partial charge in [-0.2, -0.15) is 0 Å². The molecule has 0 aromatic carbocycles. The van der Waals surface area contributed by atoms with Crippen LogP contribution in [0, 0.1) is 6.92 Å². The normalized spacial score (nSPS) is 10.8. The first kappa shape index (κ1) is 14.9. The Morgan fingerprint density at radius 3 is 2.72 bits per heavy atom. The molecule has 4 heteroatoms. The SMILES string of the molecule is CCCCCCNCc1c(CO)cnc(C)c1O. The lowest BCUT2D eigenvalue weighted by atomic mass is 10.1. The molecule has 1 aromatic rings. The molecular weight excluding hydrogens is 228 g/mol. The van der Waals surface area contributed by atoms with E-state index in [9.17, 15) is 10.2 Å². The first-order valence-corrected chi connectivity index (χ1v) is 6.68. The number of aliphatic hydroxyl groups is 1. The molecule has 1 heterocycles. The highest BCUT2D eigenvalue weighted by Crippen LogP contribution is 2.23. The Labute approximate surface area is 109 Å². The van der Waals surface area contributed by atoms with Crippen molar-refractivity contribution < 1.29 is 10.2 Å². The highest BCUT2D eigenvalue weighted by molar-refractivity contribution is 5.40. The summed E-state index contributed by atoms with van der Waals surface area (Å²) in [7, 11) is 0. The number of rotatable bonds is 8. The zero-order valence-electron chi connectivity index (χ0n) is 11.4. The van der Waals surface area contributed by atoms with Crippen LogP contribution in [0.1, 0.15) is 49.4 Å². The topological polar surface area (TPSA) is 65.4 Å². The summed E-state index contributed by atoms with van der Waals surface area (Å²) >= 11 is 0. The van der Waals surface area contributed by atoms with Crippen LogP contribution in [-0.2, 0) is 13.2 Å². The minimum absolute atomic E-state index is 0.0896. The van der Waals surface area contributed by atoms with Gasteiger partial charge in [0.15, 0.2) is 0 Å². The van der Waals surface area contributed by atoms with Gasteiger partial charge >= 0.3 is 0 Å². The van der Waals surface area contributed by atoms with Crippen LogP contribution in [0.4, 0.5) is 0 Å². The summed E-state index contributed by atoms with van der Waals surface area (Å²) in [4.78, 5) is 4.04. The monoisotopic (exact) mass is 252 g/mol. The third kappa shape index (κ3) is 4.27. The number of hydrogen-bond donors (Lipinski definition) is 3. The lowest BCUT2D eigenvalue weighted by molar-refractivity contribution is 0.278. The van der Waals surface area contributed by atoms with Crippen molar-refractivity contribution in [3.8, 4) is 5.75 Å². The molecule has 0 atom stereocenters. The van der Waals surface area contributed by atoms with Gasteiger partial charge in [0, 0.05) is 23.9 Å². The predicted molar refractivity (Wildman–Crippen MR) is 72.4 cm³/mol. The van der Waals surface area contributed by atoms with Crippen LogP contribution in [-0.4, -0.2) is 21.7 Å².